The third kappa shape index (κ3) is 25.1. The fraction of sp³-hybridized carbons (Fsp3) is 0.844. The standard InChI is InChI=1S/C45H80O20P2/c1-3-5-7-8-9-10-11-12-13-14-15-16-18-24-39(51)63-33-29-61-38(50)23-20-19-22-32(47)27-35-37(49)28-36(48)34(26-25-31(46)21-17-6-4-2)41(53)44(64-66(56,57)58)45(43(55)42(54)40(35)52)65-67(59,60)62-30-33/h10-11,25-26,31,33-37,40-46,48-49,52-55H,3-9,12-24,27-30H2,1-2H3,(H,59,60)(H2,56,57,58)/b11-10-,26-25+/t31-,33+,34-,35-,36+,37-,40+,41+,42-,43+,44+,45-/m0/s1. The lowest BCUT2D eigenvalue weighted by atomic mass is 9.82. The van der Waals surface area contributed by atoms with Gasteiger partial charge in [0.15, 0.2) is 6.10 Å². The topological polar surface area (TPSA) is 334 Å². The van der Waals surface area contributed by atoms with Gasteiger partial charge in [-0.2, -0.15) is 0 Å². The number of aliphatic hydroxyl groups excluding tert-OH is 7. The van der Waals surface area contributed by atoms with Crippen LogP contribution in [0.15, 0.2) is 24.3 Å². The number of ether oxygens (including phenoxy) is 2. The average Bonchev–Trinajstić information content (AvgIpc) is 3.26. The normalized spacial score (nSPS) is 32.1. The van der Waals surface area contributed by atoms with Crippen molar-refractivity contribution in [1.82, 2.24) is 0 Å². The molecule has 1 heterocycles. The number of hydrogen-bond acceptors (Lipinski definition) is 17. The van der Waals surface area contributed by atoms with E-state index in [-0.39, 0.29) is 38.5 Å². The Bertz CT molecular complexity index is 1570. The van der Waals surface area contributed by atoms with Gasteiger partial charge in [-0.15, -0.1) is 0 Å². The van der Waals surface area contributed by atoms with Crippen molar-refractivity contribution in [2.45, 2.75) is 216 Å². The van der Waals surface area contributed by atoms with Crippen molar-refractivity contribution in [2.24, 2.45) is 11.8 Å². The average molecular weight is 1000 g/mol. The number of hydrogen-bond donors (Lipinski definition) is 10. The maximum atomic E-state index is 13.7. The molecule has 0 aromatic heterocycles. The minimum absolute atomic E-state index is 0.0654. The number of phosphoric acid groups is 2. The van der Waals surface area contributed by atoms with Crippen LogP contribution in [0.4, 0.5) is 0 Å². The number of rotatable bonds is 22. The molecular formula is C45H80O20P2. The van der Waals surface area contributed by atoms with Crippen molar-refractivity contribution < 1.29 is 97.0 Å². The molecule has 1 aliphatic carbocycles. The number of phosphoric ester groups is 2. The summed E-state index contributed by atoms with van der Waals surface area (Å²) in [6.45, 7) is 2.42. The number of carbonyl (C=O) groups excluding carboxylic acids is 3. The van der Waals surface area contributed by atoms with Crippen LogP contribution in [0.5, 0.6) is 0 Å². The molecule has 0 radical (unpaired) electrons. The lowest BCUT2D eigenvalue weighted by molar-refractivity contribution is -0.166. The highest BCUT2D eigenvalue weighted by molar-refractivity contribution is 7.47. The van der Waals surface area contributed by atoms with Gasteiger partial charge < -0.3 is 59.9 Å². The number of fused-ring (bicyclic) bond motifs is 4. The van der Waals surface area contributed by atoms with E-state index in [9.17, 15) is 73.9 Å². The molecule has 0 aromatic carbocycles. The molecule has 2 bridgehead atoms. The molecule has 22 heteroatoms. The second kappa shape index (κ2) is 32.8. The van der Waals surface area contributed by atoms with Crippen LogP contribution in [-0.4, -0.2) is 142 Å². The van der Waals surface area contributed by atoms with E-state index in [4.69, 9.17) is 23.0 Å². The largest absolute Gasteiger partial charge is 0.472 e. The molecule has 0 spiro atoms. The number of cyclic esters (lactones) is 1. The first kappa shape index (κ1) is 61.2. The number of aliphatic hydroxyl groups is 7. The van der Waals surface area contributed by atoms with E-state index in [2.05, 4.69) is 19.1 Å². The number of unbranched alkanes of at least 4 members (excludes halogenated alkanes) is 11. The lowest BCUT2D eigenvalue weighted by Gasteiger charge is -2.38. The summed E-state index contributed by atoms with van der Waals surface area (Å²) in [5, 5.41) is 79.7. The molecule has 0 amide bonds. The van der Waals surface area contributed by atoms with Gasteiger partial charge in [-0.3, -0.25) is 28.0 Å². The monoisotopic (exact) mass is 1000 g/mol. The maximum Gasteiger partial charge on any atom is 0.472 e. The Morgan fingerprint density at radius 3 is 2.07 bits per heavy atom. The van der Waals surface area contributed by atoms with Crippen LogP contribution >= 0.6 is 15.6 Å². The fourth-order valence-electron chi connectivity index (χ4n) is 8.07. The Labute approximate surface area is 394 Å². The first-order chi connectivity index (χ1) is 31.7. The van der Waals surface area contributed by atoms with Gasteiger partial charge in [0.25, 0.3) is 0 Å². The van der Waals surface area contributed by atoms with Gasteiger partial charge in [-0.1, -0.05) is 95.9 Å². The number of esters is 2. The van der Waals surface area contributed by atoms with E-state index in [1.807, 2.05) is 6.92 Å². The minimum Gasteiger partial charge on any atom is -0.462 e. The summed E-state index contributed by atoms with van der Waals surface area (Å²) in [4.78, 5) is 69.9. The zero-order chi connectivity index (χ0) is 50.0. The van der Waals surface area contributed by atoms with Crippen molar-refractivity contribution in [3.05, 3.63) is 24.3 Å². The van der Waals surface area contributed by atoms with Gasteiger partial charge in [0, 0.05) is 43.9 Å². The minimum atomic E-state index is -5.81. The zero-order valence-electron chi connectivity index (χ0n) is 39.2. The smallest absolute Gasteiger partial charge is 0.462 e. The Kier molecular flexibility index (Phi) is 30.0. The third-order valence-electron chi connectivity index (χ3n) is 12.0. The summed E-state index contributed by atoms with van der Waals surface area (Å²) < 4.78 is 52.1. The molecule has 20 nitrogen and oxygen atoms in total. The molecule has 2 fully saturated rings. The highest BCUT2D eigenvalue weighted by Gasteiger charge is 2.52. The molecular weight excluding hydrogens is 922 g/mol. The van der Waals surface area contributed by atoms with Gasteiger partial charge in [0.05, 0.1) is 37.1 Å². The molecule has 1 saturated carbocycles. The highest BCUT2D eigenvalue weighted by atomic mass is 31.2. The summed E-state index contributed by atoms with van der Waals surface area (Å²) >= 11 is 0. The van der Waals surface area contributed by atoms with Crippen LogP contribution < -0.4 is 0 Å². The Hall–Kier alpha value is -1.97. The lowest BCUT2D eigenvalue weighted by Crippen LogP contribution is -2.56. The van der Waals surface area contributed by atoms with E-state index in [0.717, 1.165) is 57.1 Å². The fourth-order valence-corrected chi connectivity index (χ4v) is 9.60. The maximum absolute atomic E-state index is 13.7. The first-order valence-corrected chi connectivity index (χ1v) is 27.1. The van der Waals surface area contributed by atoms with E-state index < -0.39 is 132 Å². The predicted molar refractivity (Wildman–Crippen MR) is 244 cm³/mol. The highest BCUT2D eigenvalue weighted by Crippen LogP contribution is 2.50. The van der Waals surface area contributed by atoms with Crippen LogP contribution in [0, 0.1) is 11.8 Å². The van der Waals surface area contributed by atoms with E-state index >= 15 is 0 Å². The van der Waals surface area contributed by atoms with Crippen molar-refractivity contribution in [1.29, 1.82) is 0 Å². The molecule has 2 rings (SSSR count). The summed E-state index contributed by atoms with van der Waals surface area (Å²) in [7, 11) is -11.5. The van der Waals surface area contributed by atoms with Crippen LogP contribution in [0.2, 0.25) is 0 Å². The van der Waals surface area contributed by atoms with Crippen molar-refractivity contribution >= 4 is 33.4 Å². The molecule has 390 valence electrons. The molecule has 1 saturated heterocycles. The van der Waals surface area contributed by atoms with Crippen LogP contribution in [0.3, 0.4) is 0 Å². The molecule has 2 aliphatic rings. The Morgan fingerprint density at radius 1 is 0.806 bits per heavy atom. The second-order valence-electron chi connectivity index (χ2n) is 17.8. The molecule has 13 atom stereocenters. The molecule has 10 N–H and O–H groups in total. The first-order valence-electron chi connectivity index (χ1n) is 24.1. The van der Waals surface area contributed by atoms with Gasteiger partial charge >= 0.3 is 27.6 Å². The number of carbonyl (C=O) groups is 3. The second-order valence-corrected chi connectivity index (χ2v) is 20.4. The SMILES string of the molecule is CCCCCC/C=C\CCCCCCCC(=O)O[C@@H]1COC(=O)CCCCC(=O)C[C@@H]2[C@@H](O)[C@H](O)[C@@H](O)[C@H](OP(=O)(O)OC1)[C@H](OP(=O)(O)O)[C@H](O)[C@@H](/C=C/[C@@H](O)CCCCC)[C@H](O)C[C@@H]2O. The van der Waals surface area contributed by atoms with Crippen LogP contribution in [-0.2, 0) is 46.6 Å². The van der Waals surface area contributed by atoms with Gasteiger partial charge in [0.1, 0.15) is 36.8 Å². The van der Waals surface area contributed by atoms with Crippen molar-refractivity contribution in [2.75, 3.05) is 13.2 Å². The van der Waals surface area contributed by atoms with Gasteiger partial charge in [-0.25, -0.2) is 9.13 Å². The van der Waals surface area contributed by atoms with Gasteiger partial charge in [-0.05, 0) is 51.4 Å². The summed E-state index contributed by atoms with van der Waals surface area (Å²) in [5.41, 5.74) is 0. The summed E-state index contributed by atoms with van der Waals surface area (Å²) in [6.07, 6.45) is -3.89. The Balaban J connectivity index is 2.45. The van der Waals surface area contributed by atoms with Gasteiger partial charge in [0.2, 0.25) is 0 Å². The molecule has 67 heavy (non-hydrogen) atoms. The van der Waals surface area contributed by atoms with E-state index in [0.29, 0.717) is 19.3 Å². The molecule has 1 unspecified atom stereocenters. The van der Waals surface area contributed by atoms with Crippen molar-refractivity contribution in [3.63, 3.8) is 0 Å². The molecule has 0 aromatic rings. The van der Waals surface area contributed by atoms with Crippen LogP contribution in [0.25, 0.3) is 0 Å². The summed E-state index contributed by atoms with van der Waals surface area (Å²) in [6, 6.07) is 0. The molecule has 1 aliphatic heterocycles. The van der Waals surface area contributed by atoms with E-state index in [1.54, 1.807) is 0 Å². The number of ketones is 1. The van der Waals surface area contributed by atoms with Crippen molar-refractivity contribution in [3.8, 4) is 0 Å². The quantitative estimate of drug-likeness (QED) is 0.0309. The zero-order valence-corrected chi connectivity index (χ0v) is 40.9. The van der Waals surface area contributed by atoms with E-state index in [1.165, 1.54) is 25.7 Å². The summed E-state index contributed by atoms with van der Waals surface area (Å²) in [5.74, 6) is -5.60. The predicted octanol–water partition coefficient (Wildman–Crippen LogP) is 4.51. The third-order valence-corrected chi connectivity index (χ3v) is 13.5. The number of Topliss-reactive ketones (excluding diaryl/α,β-unsaturated/α-hetero) is 1. The van der Waals surface area contributed by atoms with Crippen LogP contribution in [0.1, 0.15) is 155 Å². The number of allylic oxidation sites excluding steroid dienone is 2. The Morgan fingerprint density at radius 2 is 1.42 bits per heavy atom.